The van der Waals surface area contributed by atoms with E-state index in [9.17, 15) is 4.79 Å². The van der Waals surface area contributed by atoms with Crippen molar-refractivity contribution < 1.29 is 13.9 Å². The van der Waals surface area contributed by atoms with Gasteiger partial charge in [0, 0.05) is 11.1 Å². The van der Waals surface area contributed by atoms with Crippen LogP contribution in [0.25, 0.3) is 0 Å². The Balaban J connectivity index is 1.54. The molecule has 0 saturated heterocycles. The highest BCUT2D eigenvalue weighted by atomic mass is 79.9. The summed E-state index contributed by atoms with van der Waals surface area (Å²) in [7, 11) is 0. The number of furan rings is 1. The Bertz CT molecular complexity index is 859. The fourth-order valence-corrected chi connectivity index (χ4v) is 2.45. The molecule has 0 spiro atoms. The van der Waals surface area contributed by atoms with Crippen LogP contribution in [0, 0.1) is 0 Å². The van der Waals surface area contributed by atoms with Crippen LogP contribution in [0.4, 0.5) is 0 Å². The van der Waals surface area contributed by atoms with E-state index in [2.05, 4.69) is 26.5 Å². The Hall–Kier alpha value is -2.86. The summed E-state index contributed by atoms with van der Waals surface area (Å²) in [6.45, 7) is 0.420. The number of rotatable bonds is 6. The van der Waals surface area contributed by atoms with Gasteiger partial charge in [-0.3, -0.25) is 4.79 Å². The van der Waals surface area contributed by atoms with Crippen LogP contribution < -0.4 is 10.2 Å². The molecule has 0 fully saturated rings. The SMILES string of the molecule is O=C(NN=Cc1ccoc1)c1ccc(COc2ccccc2Br)cc1. The molecule has 1 amide bonds. The lowest BCUT2D eigenvalue weighted by Gasteiger charge is -2.08. The van der Waals surface area contributed by atoms with Gasteiger partial charge in [-0.05, 0) is 51.8 Å². The quantitative estimate of drug-likeness (QED) is 0.494. The largest absolute Gasteiger partial charge is 0.488 e. The van der Waals surface area contributed by atoms with Crippen LogP contribution in [0.2, 0.25) is 0 Å². The summed E-state index contributed by atoms with van der Waals surface area (Å²) < 4.78 is 11.6. The number of carbonyl (C=O) groups is 1. The lowest BCUT2D eigenvalue weighted by atomic mass is 10.1. The van der Waals surface area contributed by atoms with E-state index in [1.807, 2.05) is 36.4 Å². The highest BCUT2D eigenvalue weighted by Gasteiger charge is 2.05. The first-order chi connectivity index (χ1) is 12.2. The van der Waals surface area contributed by atoms with E-state index in [1.54, 1.807) is 18.2 Å². The van der Waals surface area contributed by atoms with E-state index in [0.717, 1.165) is 21.3 Å². The van der Waals surface area contributed by atoms with Gasteiger partial charge >= 0.3 is 0 Å². The Labute approximate surface area is 153 Å². The van der Waals surface area contributed by atoms with E-state index >= 15 is 0 Å². The number of nitrogens with zero attached hydrogens (tertiary/aromatic N) is 1. The number of carbonyl (C=O) groups excluding carboxylic acids is 1. The number of para-hydroxylation sites is 1. The van der Waals surface area contributed by atoms with Gasteiger partial charge in [0.2, 0.25) is 0 Å². The Kier molecular flexibility index (Phi) is 5.64. The molecule has 2 aromatic carbocycles. The smallest absolute Gasteiger partial charge is 0.271 e. The van der Waals surface area contributed by atoms with Crippen LogP contribution in [0.3, 0.4) is 0 Å². The van der Waals surface area contributed by atoms with Crippen LogP contribution in [-0.2, 0) is 6.61 Å². The van der Waals surface area contributed by atoms with Crippen LogP contribution >= 0.6 is 15.9 Å². The van der Waals surface area contributed by atoms with Gasteiger partial charge < -0.3 is 9.15 Å². The predicted octanol–water partition coefficient (Wildman–Crippen LogP) is 4.39. The van der Waals surface area contributed by atoms with E-state index in [4.69, 9.17) is 9.15 Å². The van der Waals surface area contributed by atoms with Crippen LogP contribution in [0.5, 0.6) is 5.75 Å². The zero-order valence-electron chi connectivity index (χ0n) is 13.2. The Morgan fingerprint density at radius 2 is 1.96 bits per heavy atom. The molecule has 25 heavy (non-hydrogen) atoms. The van der Waals surface area contributed by atoms with Crippen molar-refractivity contribution in [3.05, 3.63) is 88.3 Å². The number of hydrogen-bond acceptors (Lipinski definition) is 4. The first-order valence-electron chi connectivity index (χ1n) is 7.54. The summed E-state index contributed by atoms with van der Waals surface area (Å²) in [5.41, 5.74) is 4.74. The fourth-order valence-electron chi connectivity index (χ4n) is 2.05. The third-order valence-electron chi connectivity index (χ3n) is 3.37. The monoisotopic (exact) mass is 398 g/mol. The summed E-state index contributed by atoms with van der Waals surface area (Å²) >= 11 is 3.44. The molecule has 6 heteroatoms. The molecule has 0 unspecified atom stereocenters. The minimum atomic E-state index is -0.280. The van der Waals surface area contributed by atoms with E-state index in [-0.39, 0.29) is 5.91 Å². The van der Waals surface area contributed by atoms with Crippen molar-refractivity contribution >= 4 is 28.1 Å². The number of ether oxygens (including phenoxy) is 1. The van der Waals surface area contributed by atoms with Gasteiger partial charge in [-0.2, -0.15) is 5.10 Å². The number of hydrazone groups is 1. The maximum absolute atomic E-state index is 12.0. The molecular formula is C19H15BrN2O3. The van der Waals surface area contributed by atoms with Crippen molar-refractivity contribution in [2.24, 2.45) is 5.10 Å². The molecule has 1 N–H and O–H groups in total. The molecule has 126 valence electrons. The molecule has 0 aliphatic rings. The van der Waals surface area contributed by atoms with Gasteiger partial charge in [0.25, 0.3) is 5.91 Å². The van der Waals surface area contributed by atoms with Crippen molar-refractivity contribution in [3.8, 4) is 5.75 Å². The van der Waals surface area contributed by atoms with E-state index in [1.165, 1.54) is 18.7 Å². The van der Waals surface area contributed by atoms with Crippen molar-refractivity contribution in [1.82, 2.24) is 5.43 Å². The molecule has 0 atom stereocenters. The number of hydrogen-bond donors (Lipinski definition) is 1. The normalized spacial score (nSPS) is 10.8. The molecule has 0 radical (unpaired) electrons. The zero-order chi connectivity index (χ0) is 17.5. The molecule has 0 saturated carbocycles. The van der Waals surface area contributed by atoms with Gasteiger partial charge in [-0.15, -0.1) is 0 Å². The molecule has 3 rings (SSSR count). The summed E-state index contributed by atoms with van der Waals surface area (Å²) in [5.74, 6) is 0.496. The molecular weight excluding hydrogens is 384 g/mol. The van der Waals surface area contributed by atoms with Crippen molar-refractivity contribution in [2.45, 2.75) is 6.61 Å². The van der Waals surface area contributed by atoms with Gasteiger partial charge in [-0.25, -0.2) is 5.43 Å². The molecule has 1 heterocycles. The summed E-state index contributed by atoms with van der Waals surface area (Å²) in [6.07, 6.45) is 4.59. The zero-order valence-corrected chi connectivity index (χ0v) is 14.8. The minimum absolute atomic E-state index is 0.280. The Morgan fingerprint density at radius 1 is 1.16 bits per heavy atom. The lowest BCUT2D eigenvalue weighted by Crippen LogP contribution is -2.17. The summed E-state index contributed by atoms with van der Waals surface area (Å²) in [4.78, 5) is 12.0. The van der Waals surface area contributed by atoms with Gasteiger partial charge in [0.05, 0.1) is 23.2 Å². The topological polar surface area (TPSA) is 63.8 Å². The van der Waals surface area contributed by atoms with E-state index in [0.29, 0.717) is 12.2 Å². The van der Waals surface area contributed by atoms with Crippen LogP contribution in [0.1, 0.15) is 21.5 Å². The molecule has 0 bridgehead atoms. The Morgan fingerprint density at radius 3 is 2.68 bits per heavy atom. The van der Waals surface area contributed by atoms with Crippen molar-refractivity contribution in [2.75, 3.05) is 0 Å². The first-order valence-corrected chi connectivity index (χ1v) is 8.33. The van der Waals surface area contributed by atoms with Crippen molar-refractivity contribution in [1.29, 1.82) is 0 Å². The van der Waals surface area contributed by atoms with Crippen molar-refractivity contribution in [3.63, 3.8) is 0 Å². The number of benzene rings is 2. The highest BCUT2D eigenvalue weighted by Crippen LogP contribution is 2.24. The van der Waals surface area contributed by atoms with Gasteiger partial charge in [-0.1, -0.05) is 24.3 Å². The molecule has 5 nitrogen and oxygen atoms in total. The number of halogens is 1. The standard InChI is InChI=1S/C19H15BrN2O3/c20-17-3-1-2-4-18(17)25-13-14-5-7-16(8-6-14)19(23)22-21-11-15-9-10-24-12-15/h1-12H,13H2,(H,22,23). The molecule has 3 aromatic rings. The van der Waals surface area contributed by atoms with Crippen LogP contribution in [-0.4, -0.2) is 12.1 Å². The first kappa shape index (κ1) is 17.0. The number of nitrogens with one attached hydrogen (secondary N) is 1. The maximum Gasteiger partial charge on any atom is 0.271 e. The predicted molar refractivity (Wildman–Crippen MR) is 98.7 cm³/mol. The second kappa shape index (κ2) is 8.30. The molecule has 0 aliphatic carbocycles. The third-order valence-corrected chi connectivity index (χ3v) is 4.03. The number of amides is 1. The fraction of sp³-hybridized carbons (Fsp3) is 0.0526. The van der Waals surface area contributed by atoms with E-state index < -0.39 is 0 Å². The second-order valence-electron chi connectivity index (χ2n) is 5.17. The average molecular weight is 399 g/mol. The summed E-state index contributed by atoms with van der Waals surface area (Å²) in [5, 5.41) is 3.88. The highest BCUT2D eigenvalue weighted by molar-refractivity contribution is 9.10. The molecule has 0 aliphatic heterocycles. The minimum Gasteiger partial charge on any atom is -0.488 e. The summed E-state index contributed by atoms with van der Waals surface area (Å²) in [6, 6.07) is 16.6. The maximum atomic E-state index is 12.0. The van der Waals surface area contributed by atoms with Crippen LogP contribution in [0.15, 0.2) is 81.1 Å². The second-order valence-corrected chi connectivity index (χ2v) is 6.03. The lowest BCUT2D eigenvalue weighted by molar-refractivity contribution is 0.0955. The average Bonchev–Trinajstić information content (AvgIpc) is 3.15. The third kappa shape index (κ3) is 4.81. The van der Waals surface area contributed by atoms with Gasteiger partial charge in [0.15, 0.2) is 0 Å². The molecule has 1 aromatic heterocycles. The van der Waals surface area contributed by atoms with Gasteiger partial charge in [0.1, 0.15) is 12.4 Å².